The van der Waals surface area contributed by atoms with Crippen molar-refractivity contribution >= 4 is 40.8 Å². The minimum atomic E-state index is -0.626. The zero-order valence-electron chi connectivity index (χ0n) is 14.3. The highest BCUT2D eigenvalue weighted by Gasteiger charge is 2.12. The molecular formula is C19H19ClN2O4. The van der Waals surface area contributed by atoms with Gasteiger partial charge in [0.05, 0.1) is 17.1 Å². The summed E-state index contributed by atoms with van der Waals surface area (Å²) in [5, 5.41) is 5.68. The lowest BCUT2D eigenvalue weighted by atomic mass is 10.2. The van der Waals surface area contributed by atoms with Gasteiger partial charge in [0, 0.05) is 12.1 Å². The number of nitrogens with one attached hydrogen (secondary N) is 2. The maximum Gasteiger partial charge on any atom is 0.306 e. The Morgan fingerprint density at radius 3 is 2.19 bits per heavy atom. The summed E-state index contributed by atoms with van der Waals surface area (Å²) in [6.07, 6.45) is -0.197. The van der Waals surface area contributed by atoms with E-state index in [9.17, 15) is 14.4 Å². The maximum absolute atomic E-state index is 11.8. The molecule has 2 rings (SSSR count). The molecule has 0 heterocycles. The second-order valence-electron chi connectivity index (χ2n) is 5.55. The molecule has 0 fully saturated rings. The number of hydrogen-bond acceptors (Lipinski definition) is 4. The first-order valence-corrected chi connectivity index (χ1v) is 8.39. The topological polar surface area (TPSA) is 84.5 Å². The van der Waals surface area contributed by atoms with E-state index < -0.39 is 18.5 Å². The summed E-state index contributed by atoms with van der Waals surface area (Å²) >= 11 is 5.94. The molecule has 6 nitrogen and oxygen atoms in total. The number of benzene rings is 2. The molecule has 7 heteroatoms. The van der Waals surface area contributed by atoms with Crippen molar-refractivity contribution in [2.24, 2.45) is 0 Å². The van der Waals surface area contributed by atoms with Gasteiger partial charge in [0.15, 0.2) is 6.61 Å². The van der Waals surface area contributed by atoms with Gasteiger partial charge in [0.25, 0.3) is 5.91 Å². The predicted octanol–water partition coefficient (Wildman–Crippen LogP) is 3.55. The van der Waals surface area contributed by atoms with Crippen LogP contribution in [0.5, 0.6) is 0 Å². The van der Waals surface area contributed by atoms with Gasteiger partial charge in [-0.1, -0.05) is 41.9 Å². The first kappa shape index (κ1) is 19.5. The number of para-hydroxylation sites is 2. The molecule has 0 aliphatic carbocycles. The van der Waals surface area contributed by atoms with Gasteiger partial charge in [-0.05, 0) is 30.7 Å². The summed E-state index contributed by atoms with van der Waals surface area (Å²) in [7, 11) is 0. The second kappa shape index (κ2) is 9.58. The largest absolute Gasteiger partial charge is 0.456 e. The second-order valence-corrected chi connectivity index (χ2v) is 5.96. The highest BCUT2D eigenvalue weighted by atomic mass is 35.5. The van der Waals surface area contributed by atoms with E-state index in [0.29, 0.717) is 16.4 Å². The van der Waals surface area contributed by atoms with Crippen LogP contribution in [-0.2, 0) is 19.1 Å². The van der Waals surface area contributed by atoms with Crippen molar-refractivity contribution in [3.05, 3.63) is 59.1 Å². The molecule has 2 N–H and O–H groups in total. The Morgan fingerprint density at radius 1 is 0.885 bits per heavy atom. The zero-order valence-corrected chi connectivity index (χ0v) is 15.0. The fraction of sp³-hybridized carbons (Fsp3) is 0.211. The van der Waals surface area contributed by atoms with Crippen LogP contribution in [-0.4, -0.2) is 24.4 Å². The lowest BCUT2D eigenvalue weighted by molar-refractivity contribution is -0.147. The summed E-state index contributed by atoms with van der Waals surface area (Å²) in [5.41, 5.74) is 2.04. The Balaban J connectivity index is 1.70. The van der Waals surface area contributed by atoms with Crippen molar-refractivity contribution in [1.82, 2.24) is 0 Å². The molecule has 2 amide bonds. The summed E-state index contributed by atoms with van der Waals surface area (Å²) in [4.78, 5) is 35.3. The molecule has 2 aromatic carbocycles. The smallest absolute Gasteiger partial charge is 0.306 e. The summed E-state index contributed by atoms with van der Waals surface area (Å²) < 4.78 is 4.88. The average molecular weight is 375 g/mol. The van der Waals surface area contributed by atoms with Crippen LogP contribution in [0.4, 0.5) is 11.4 Å². The number of aryl methyl sites for hydroxylation is 1. The van der Waals surface area contributed by atoms with Crippen LogP contribution in [0.2, 0.25) is 5.02 Å². The first-order chi connectivity index (χ1) is 12.5. The predicted molar refractivity (Wildman–Crippen MR) is 100 cm³/mol. The molecule has 0 aliphatic rings. The number of amides is 2. The molecule has 0 spiro atoms. The van der Waals surface area contributed by atoms with Crippen LogP contribution < -0.4 is 10.6 Å². The molecule has 0 saturated carbocycles. The SMILES string of the molecule is Cc1ccccc1NC(=O)COC(=O)CCC(=O)Nc1ccccc1Cl. The average Bonchev–Trinajstić information content (AvgIpc) is 2.62. The van der Waals surface area contributed by atoms with Crippen molar-refractivity contribution in [3.63, 3.8) is 0 Å². The number of rotatable bonds is 7. The van der Waals surface area contributed by atoms with Gasteiger partial charge in [-0.15, -0.1) is 0 Å². The molecule has 26 heavy (non-hydrogen) atoms. The minimum absolute atomic E-state index is 0.0660. The molecule has 0 aliphatic heterocycles. The van der Waals surface area contributed by atoms with Crippen LogP contribution in [0.3, 0.4) is 0 Å². The van der Waals surface area contributed by atoms with E-state index in [1.54, 1.807) is 36.4 Å². The Labute approximate surface area is 156 Å². The Bertz CT molecular complexity index is 742. The third-order valence-electron chi connectivity index (χ3n) is 3.49. The Morgan fingerprint density at radius 2 is 1.50 bits per heavy atom. The zero-order chi connectivity index (χ0) is 18.9. The standard InChI is InChI=1S/C19H19ClN2O4/c1-13-6-2-4-8-15(13)21-18(24)12-26-19(25)11-10-17(23)22-16-9-5-3-7-14(16)20/h2-9H,10-12H2,1H3,(H,21,24)(H,22,23). The van der Waals surface area contributed by atoms with Crippen molar-refractivity contribution < 1.29 is 19.1 Å². The van der Waals surface area contributed by atoms with E-state index in [2.05, 4.69) is 10.6 Å². The number of esters is 1. The number of carbonyl (C=O) groups is 3. The van der Waals surface area contributed by atoms with Crippen LogP contribution in [0, 0.1) is 6.92 Å². The number of hydrogen-bond donors (Lipinski definition) is 2. The Kier molecular flexibility index (Phi) is 7.17. The quantitative estimate of drug-likeness (QED) is 0.726. The molecule has 0 bridgehead atoms. The highest BCUT2D eigenvalue weighted by molar-refractivity contribution is 6.33. The lowest BCUT2D eigenvalue weighted by Gasteiger charge is -2.09. The fourth-order valence-corrected chi connectivity index (χ4v) is 2.29. The third-order valence-corrected chi connectivity index (χ3v) is 3.82. The number of carbonyl (C=O) groups excluding carboxylic acids is 3. The van der Waals surface area contributed by atoms with Gasteiger partial charge < -0.3 is 15.4 Å². The number of anilines is 2. The summed E-state index contributed by atoms with van der Waals surface area (Å²) in [6.45, 7) is 1.46. The van der Waals surface area contributed by atoms with Gasteiger partial charge in [0.1, 0.15) is 0 Å². The fourth-order valence-electron chi connectivity index (χ4n) is 2.11. The van der Waals surface area contributed by atoms with Gasteiger partial charge in [-0.3, -0.25) is 14.4 Å². The third kappa shape index (κ3) is 6.22. The number of halogens is 1. The van der Waals surface area contributed by atoms with Gasteiger partial charge in [0.2, 0.25) is 5.91 Å². The van der Waals surface area contributed by atoms with E-state index in [-0.39, 0.29) is 18.7 Å². The lowest BCUT2D eigenvalue weighted by Crippen LogP contribution is -2.22. The van der Waals surface area contributed by atoms with E-state index in [0.717, 1.165) is 5.56 Å². The van der Waals surface area contributed by atoms with E-state index in [4.69, 9.17) is 16.3 Å². The van der Waals surface area contributed by atoms with Crippen LogP contribution in [0.25, 0.3) is 0 Å². The maximum atomic E-state index is 11.8. The molecule has 0 radical (unpaired) electrons. The Hall–Kier alpha value is -2.86. The van der Waals surface area contributed by atoms with Crippen molar-refractivity contribution in [2.45, 2.75) is 19.8 Å². The van der Waals surface area contributed by atoms with Crippen LogP contribution in [0.1, 0.15) is 18.4 Å². The molecular weight excluding hydrogens is 356 g/mol. The van der Waals surface area contributed by atoms with Crippen molar-refractivity contribution in [2.75, 3.05) is 17.2 Å². The normalized spacial score (nSPS) is 10.1. The van der Waals surface area contributed by atoms with Crippen LogP contribution in [0.15, 0.2) is 48.5 Å². The van der Waals surface area contributed by atoms with Gasteiger partial charge in [-0.25, -0.2) is 0 Å². The monoisotopic (exact) mass is 374 g/mol. The molecule has 0 saturated heterocycles. The van der Waals surface area contributed by atoms with E-state index in [1.807, 2.05) is 19.1 Å². The first-order valence-electron chi connectivity index (χ1n) is 8.01. The van der Waals surface area contributed by atoms with E-state index in [1.165, 1.54) is 0 Å². The van der Waals surface area contributed by atoms with Crippen molar-refractivity contribution in [3.8, 4) is 0 Å². The molecule has 0 unspecified atom stereocenters. The summed E-state index contributed by atoms with van der Waals surface area (Å²) in [6, 6.07) is 14.1. The van der Waals surface area contributed by atoms with Gasteiger partial charge >= 0.3 is 5.97 Å². The molecule has 0 atom stereocenters. The minimum Gasteiger partial charge on any atom is -0.456 e. The highest BCUT2D eigenvalue weighted by Crippen LogP contribution is 2.20. The summed E-state index contributed by atoms with van der Waals surface area (Å²) in [5.74, 6) is -1.42. The molecule has 136 valence electrons. The van der Waals surface area contributed by atoms with Crippen LogP contribution >= 0.6 is 11.6 Å². The van der Waals surface area contributed by atoms with Gasteiger partial charge in [-0.2, -0.15) is 0 Å². The molecule has 2 aromatic rings. The van der Waals surface area contributed by atoms with Crippen molar-refractivity contribution in [1.29, 1.82) is 0 Å². The van der Waals surface area contributed by atoms with E-state index >= 15 is 0 Å². The molecule has 0 aromatic heterocycles. The number of ether oxygens (including phenoxy) is 1.